The Labute approximate surface area is 87.7 Å². The zero-order valence-corrected chi connectivity index (χ0v) is 7.62. The predicted octanol–water partition coefficient (Wildman–Crippen LogP) is -2.11. The summed E-state index contributed by atoms with van der Waals surface area (Å²) >= 11 is 0. The van der Waals surface area contributed by atoms with Gasteiger partial charge in [0, 0.05) is 37.7 Å². The Morgan fingerprint density at radius 2 is 1.90 bits per heavy atom. The van der Waals surface area contributed by atoms with Crippen molar-refractivity contribution in [2.45, 2.75) is 12.5 Å². The van der Waals surface area contributed by atoms with Crippen LogP contribution in [0.2, 0.25) is 0 Å². The van der Waals surface area contributed by atoms with E-state index < -0.39 is 17.9 Å². The van der Waals surface area contributed by atoms with Gasteiger partial charge in [-0.2, -0.15) is 0 Å². The van der Waals surface area contributed by atoms with E-state index in [0.29, 0.717) is 0 Å². The van der Waals surface area contributed by atoms with E-state index in [1.54, 1.807) is 0 Å². The maximum absolute atomic E-state index is 9.99. The second kappa shape index (κ2) is 5.91. The summed E-state index contributed by atoms with van der Waals surface area (Å²) in [5, 5.41) is 8.10. The van der Waals surface area contributed by atoms with Crippen LogP contribution in [-0.4, -0.2) is 60.8 Å². The molecular weight excluding hydrogens is 164 g/mol. The van der Waals surface area contributed by atoms with Crippen molar-refractivity contribution >= 4 is 49.6 Å². The Morgan fingerprint density at radius 3 is 2.00 bits per heavy atom. The molecule has 0 saturated carbocycles. The number of primary amides is 1. The van der Waals surface area contributed by atoms with Crippen molar-refractivity contribution in [1.82, 2.24) is 0 Å². The van der Waals surface area contributed by atoms with Gasteiger partial charge in [-0.05, 0) is 0 Å². The summed E-state index contributed by atoms with van der Waals surface area (Å²) in [6.45, 7) is 0. The van der Waals surface area contributed by atoms with Crippen molar-refractivity contribution in [3.8, 4) is 0 Å². The summed E-state index contributed by atoms with van der Waals surface area (Å²) in [6.07, 6.45) is -0.310. The van der Waals surface area contributed by atoms with Crippen LogP contribution in [0.1, 0.15) is 6.42 Å². The van der Waals surface area contributed by atoms with Gasteiger partial charge in [0.15, 0.2) is 0 Å². The molecule has 0 fully saturated rings. The van der Waals surface area contributed by atoms with Gasteiger partial charge in [-0.1, -0.05) is 0 Å². The summed E-state index contributed by atoms with van der Waals surface area (Å²) in [7, 11) is 0. The molecule has 5 N–H and O–H groups in total. The van der Waals surface area contributed by atoms with E-state index in [2.05, 4.69) is 5.73 Å². The number of carboxylic acids is 1. The molecule has 54 valence electrons. The van der Waals surface area contributed by atoms with Crippen LogP contribution in [0, 0.1) is 0 Å². The molecule has 0 aromatic rings. The number of rotatable bonds is 3. The molecule has 1 atom stereocenters. The summed E-state index contributed by atoms with van der Waals surface area (Å²) in [5.41, 5.74) is 9.57. The Kier molecular flexibility index (Phi) is 7.56. The molecule has 0 saturated heterocycles. The van der Waals surface area contributed by atoms with Crippen molar-refractivity contribution < 1.29 is 14.7 Å². The van der Waals surface area contributed by atoms with Gasteiger partial charge in [-0.25, -0.2) is 0 Å². The molecule has 0 rings (SSSR count). The third kappa shape index (κ3) is 6.28. The van der Waals surface area contributed by atoms with Crippen LogP contribution in [-0.2, 0) is 9.59 Å². The van der Waals surface area contributed by atoms with Crippen molar-refractivity contribution in [1.29, 1.82) is 0 Å². The van der Waals surface area contributed by atoms with Gasteiger partial charge in [0.1, 0.15) is 6.04 Å². The smallest absolute Gasteiger partial charge is 0.321 e. The van der Waals surface area contributed by atoms with Crippen LogP contribution in [0.15, 0.2) is 0 Å². The fourth-order valence-electron chi connectivity index (χ4n) is 0.304. The standard InChI is InChI=1S/C4H8N2O3.Ca/c5-2(4(8)9)1-3(6)7;/h2H,1,5H2,(H2,6,7)(H,8,9);. The number of amides is 1. The van der Waals surface area contributed by atoms with Crippen molar-refractivity contribution in [3.05, 3.63) is 0 Å². The van der Waals surface area contributed by atoms with Crippen molar-refractivity contribution in [2.24, 2.45) is 11.5 Å². The first kappa shape index (κ1) is 12.8. The normalized spacial score (nSPS) is 11.3. The molecule has 1 amide bonds. The first-order valence-electron chi connectivity index (χ1n) is 2.30. The largest absolute Gasteiger partial charge is 0.480 e. The molecule has 2 radical (unpaired) electrons. The number of hydrogen-bond donors (Lipinski definition) is 3. The molecule has 5 nitrogen and oxygen atoms in total. The third-order valence-electron chi connectivity index (χ3n) is 0.738. The van der Waals surface area contributed by atoms with Crippen molar-refractivity contribution in [3.63, 3.8) is 0 Å². The molecule has 0 aliphatic heterocycles. The molecule has 0 heterocycles. The summed E-state index contributed by atoms with van der Waals surface area (Å²) in [5.74, 6) is -1.92. The monoisotopic (exact) mass is 172 g/mol. The second-order valence-electron chi connectivity index (χ2n) is 1.62. The molecule has 0 aliphatic carbocycles. The average molecular weight is 172 g/mol. The molecule has 0 aliphatic rings. The minimum Gasteiger partial charge on any atom is -0.480 e. The second-order valence-corrected chi connectivity index (χ2v) is 1.62. The van der Waals surface area contributed by atoms with Gasteiger partial charge in [-0.3, -0.25) is 9.59 Å². The minimum absolute atomic E-state index is 0. The Balaban J connectivity index is 0. The van der Waals surface area contributed by atoms with Gasteiger partial charge in [0.25, 0.3) is 0 Å². The zero-order chi connectivity index (χ0) is 7.44. The first-order valence-corrected chi connectivity index (χ1v) is 2.30. The quantitative estimate of drug-likeness (QED) is 0.423. The molecule has 10 heavy (non-hydrogen) atoms. The fourth-order valence-corrected chi connectivity index (χ4v) is 0.304. The van der Waals surface area contributed by atoms with Gasteiger partial charge < -0.3 is 16.6 Å². The minimum atomic E-state index is -1.21. The Morgan fingerprint density at radius 1 is 1.50 bits per heavy atom. The van der Waals surface area contributed by atoms with Gasteiger partial charge >= 0.3 is 5.97 Å². The average Bonchev–Trinajstić information content (AvgIpc) is 1.63. The number of carbonyl (C=O) groups excluding carboxylic acids is 1. The van der Waals surface area contributed by atoms with E-state index in [1.165, 1.54) is 0 Å². The van der Waals surface area contributed by atoms with Crippen LogP contribution in [0.5, 0.6) is 0 Å². The number of hydrogen-bond acceptors (Lipinski definition) is 3. The van der Waals surface area contributed by atoms with Gasteiger partial charge in [0.05, 0.1) is 6.42 Å². The third-order valence-corrected chi connectivity index (χ3v) is 0.738. The van der Waals surface area contributed by atoms with Crippen LogP contribution in [0.25, 0.3) is 0 Å². The summed E-state index contributed by atoms with van der Waals surface area (Å²) in [6, 6.07) is -1.16. The zero-order valence-electron chi connectivity index (χ0n) is 5.41. The topological polar surface area (TPSA) is 106 Å². The predicted molar refractivity (Wildman–Crippen MR) is 35.2 cm³/mol. The van der Waals surface area contributed by atoms with Crippen LogP contribution < -0.4 is 11.5 Å². The number of carboxylic acid groups (broad SMARTS) is 1. The van der Waals surface area contributed by atoms with E-state index in [4.69, 9.17) is 10.8 Å². The Hall–Kier alpha value is 0.160. The van der Waals surface area contributed by atoms with Crippen LogP contribution >= 0.6 is 0 Å². The maximum Gasteiger partial charge on any atom is 0.321 e. The van der Waals surface area contributed by atoms with Gasteiger partial charge in [-0.15, -0.1) is 0 Å². The number of nitrogens with two attached hydrogens (primary N) is 2. The molecule has 0 bridgehead atoms. The molecule has 0 spiro atoms. The summed E-state index contributed by atoms with van der Waals surface area (Å²) < 4.78 is 0. The number of aliphatic carboxylic acids is 1. The van der Waals surface area contributed by atoms with Crippen LogP contribution in [0.4, 0.5) is 0 Å². The van der Waals surface area contributed by atoms with E-state index in [9.17, 15) is 9.59 Å². The van der Waals surface area contributed by atoms with E-state index in [1.807, 2.05) is 0 Å². The van der Waals surface area contributed by atoms with Crippen LogP contribution in [0.3, 0.4) is 0 Å². The molecule has 6 heteroatoms. The maximum atomic E-state index is 9.99. The van der Waals surface area contributed by atoms with E-state index >= 15 is 0 Å². The number of carbonyl (C=O) groups is 2. The Bertz CT molecular complexity index is 138. The molecule has 0 aromatic heterocycles. The van der Waals surface area contributed by atoms with Gasteiger partial charge in [0.2, 0.25) is 5.91 Å². The fraction of sp³-hybridized carbons (Fsp3) is 0.500. The SMILES string of the molecule is NC(=O)CC(N)C(=O)O.[Ca]. The first-order chi connectivity index (χ1) is 4.04. The summed E-state index contributed by atoms with van der Waals surface area (Å²) in [4.78, 5) is 19.9. The molecule has 1 unspecified atom stereocenters. The molecular formula is C4H8CaN2O3. The van der Waals surface area contributed by atoms with E-state index in [-0.39, 0.29) is 44.2 Å². The van der Waals surface area contributed by atoms with Crippen molar-refractivity contribution in [2.75, 3.05) is 0 Å². The van der Waals surface area contributed by atoms with E-state index in [0.717, 1.165) is 0 Å². The molecule has 0 aromatic carbocycles.